The predicted octanol–water partition coefficient (Wildman–Crippen LogP) is 5.97. The van der Waals surface area contributed by atoms with Crippen LogP contribution in [0.25, 0.3) is 0 Å². The van der Waals surface area contributed by atoms with Crippen molar-refractivity contribution in [3.05, 3.63) is 84.2 Å². The molecule has 234 valence electrons. The first-order valence-electron chi connectivity index (χ1n) is 15.9. The molecule has 1 saturated carbocycles. The summed E-state index contributed by atoms with van der Waals surface area (Å²) < 4.78 is 0. The zero-order chi connectivity index (χ0) is 31.0. The molecule has 6 rings (SSSR count). The number of piperazine rings is 1. The number of hydrogen-bond acceptors (Lipinski definition) is 8. The molecule has 11 heteroatoms. The van der Waals surface area contributed by atoms with Crippen LogP contribution in [-0.2, 0) is 9.59 Å². The Balaban J connectivity index is 0.929. The fourth-order valence-corrected chi connectivity index (χ4v) is 5.71. The summed E-state index contributed by atoms with van der Waals surface area (Å²) in [7, 11) is 2.11. The van der Waals surface area contributed by atoms with Crippen LogP contribution in [0.5, 0.6) is 0 Å². The summed E-state index contributed by atoms with van der Waals surface area (Å²) in [5.74, 6) is 2.54. The summed E-state index contributed by atoms with van der Waals surface area (Å²) >= 11 is 0. The first-order chi connectivity index (χ1) is 22.0. The third kappa shape index (κ3) is 8.45. The normalized spacial score (nSPS) is 16.7. The molecule has 1 aliphatic carbocycles. The number of rotatable bonds is 13. The molecule has 2 aliphatic rings. The SMILES string of the molecule is CN1CCN(C(=O)CCCCCC(=O)Nc2cccc(Nc3nccc(Nc4cc(C5CC5)[nH]n4)n3)c2)C(c2ccccc2)C1. The third-order valence-electron chi connectivity index (χ3n) is 8.31. The molecule has 4 N–H and O–H groups in total. The van der Waals surface area contributed by atoms with Gasteiger partial charge in [0.15, 0.2) is 5.82 Å². The van der Waals surface area contributed by atoms with Crippen LogP contribution in [0, 0.1) is 0 Å². The van der Waals surface area contributed by atoms with Crippen LogP contribution in [0.4, 0.5) is 29.0 Å². The zero-order valence-corrected chi connectivity index (χ0v) is 25.7. The van der Waals surface area contributed by atoms with Gasteiger partial charge in [-0.2, -0.15) is 10.1 Å². The highest BCUT2D eigenvalue weighted by Gasteiger charge is 2.29. The Morgan fingerprint density at radius 3 is 2.56 bits per heavy atom. The van der Waals surface area contributed by atoms with E-state index in [-0.39, 0.29) is 17.9 Å². The van der Waals surface area contributed by atoms with Gasteiger partial charge >= 0.3 is 0 Å². The van der Waals surface area contributed by atoms with Gasteiger partial charge < -0.3 is 25.8 Å². The smallest absolute Gasteiger partial charge is 0.229 e. The standard InChI is InChI=1S/C34H41N9O2/c1-42-19-20-43(29(23-42)25-9-4-2-5-10-25)33(45)14-7-3-6-13-32(44)36-26-11-8-12-27(21-26)37-34-35-18-17-30(39-34)38-31-22-28(40-41-31)24-15-16-24/h2,4-5,8-12,17-18,21-22,24,29H,3,6-7,13-16,19-20,23H2,1H3,(H,36,44)(H3,35,37,38,39,40,41). The molecule has 0 radical (unpaired) electrons. The van der Waals surface area contributed by atoms with E-state index in [4.69, 9.17) is 0 Å². The van der Waals surface area contributed by atoms with Crippen LogP contribution >= 0.6 is 0 Å². The van der Waals surface area contributed by atoms with Crippen molar-refractivity contribution in [1.82, 2.24) is 30.0 Å². The van der Waals surface area contributed by atoms with Gasteiger partial charge in [-0.25, -0.2) is 4.98 Å². The molecule has 3 heterocycles. The van der Waals surface area contributed by atoms with E-state index < -0.39 is 0 Å². The molecule has 1 atom stereocenters. The Bertz CT molecular complexity index is 1590. The second-order valence-corrected chi connectivity index (χ2v) is 12.0. The van der Waals surface area contributed by atoms with Crippen molar-refractivity contribution >= 4 is 40.8 Å². The number of hydrogen-bond donors (Lipinski definition) is 4. The van der Waals surface area contributed by atoms with Crippen LogP contribution in [0.15, 0.2) is 72.9 Å². The van der Waals surface area contributed by atoms with Gasteiger partial charge in [-0.1, -0.05) is 42.8 Å². The van der Waals surface area contributed by atoms with Gasteiger partial charge in [0.05, 0.1) is 6.04 Å². The summed E-state index contributed by atoms with van der Waals surface area (Å²) in [6, 6.07) is 21.6. The Hall–Kier alpha value is -4.77. The first-order valence-corrected chi connectivity index (χ1v) is 15.9. The highest BCUT2D eigenvalue weighted by atomic mass is 16.2. The van der Waals surface area contributed by atoms with Crippen molar-refractivity contribution in [2.45, 2.75) is 56.9 Å². The Kier molecular flexibility index (Phi) is 9.64. The molecule has 4 aromatic rings. The van der Waals surface area contributed by atoms with Crippen molar-refractivity contribution in [1.29, 1.82) is 0 Å². The lowest BCUT2D eigenvalue weighted by atomic mass is 10.0. The summed E-state index contributed by atoms with van der Waals surface area (Å²) in [6.07, 6.45) is 7.33. The fraction of sp³-hybridized carbons (Fsp3) is 0.382. The number of amides is 2. The lowest BCUT2D eigenvalue weighted by Crippen LogP contribution is -2.49. The summed E-state index contributed by atoms with van der Waals surface area (Å²) in [5, 5.41) is 16.8. The van der Waals surface area contributed by atoms with Gasteiger partial charge in [0.1, 0.15) is 5.82 Å². The van der Waals surface area contributed by atoms with Crippen LogP contribution in [0.3, 0.4) is 0 Å². The maximum absolute atomic E-state index is 13.1. The predicted molar refractivity (Wildman–Crippen MR) is 176 cm³/mol. The monoisotopic (exact) mass is 607 g/mol. The summed E-state index contributed by atoms with van der Waals surface area (Å²) in [5.41, 5.74) is 3.79. The van der Waals surface area contributed by atoms with E-state index >= 15 is 0 Å². The second-order valence-electron chi connectivity index (χ2n) is 12.0. The Labute approximate surface area is 263 Å². The van der Waals surface area contributed by atoms with E-state index in [2.05, 4.69) is 60.2 Å². The number of aromatic nitrogens is 4. The number of nitrogens with zero attached hydrogens (tertiary/aromatic N) is 5. The van der Waals surface area contributed by atoms with Gasteiger partial charge in [0.2, 0.25) is 17.8 Å². The molecule has 2 fully saturated rings. The highest BCUT2D eigenvalue weighted by molar-refractivity contribution is 5.91. The number of carbonyl (C=O) groups excluding carboxylic acids is 2. The molecule has 0 bridgehead atoms. The topological polar surface area (TPSA) is 131 Å². The fourth-order valence-electron chi connectivity index (χ4n) is 5.71. The van der Waals surface area contributed by atoms with E-state index in [0.29, 0.717) is 36.2 Å². The highest BCUT2D eigenvalue weighted by Crippen LogP contribution is 2.39. The second kappa shape index (κ2) is 14.3. The molecule has 2 aromatic carbocycles. The maximum Gasteiger partial charge on any atom is 0.229 e. The van der Waals surface area contributed by atoms with Crippen LogP contribution < -0.4 is 16.0 Å². The molecule has 0 spiro atoms. The van der Waals surface area contributed by atoms with Gasteiger partial charge in [0, 0.05) is 67.7 Å². The Morgan fingerprint density at radius 1 is 0.889 bits per heavy atom. The van der Waals surface area contributed by atoms with Crippen molar-refractivity contribution < 1.29 is 9.59 Å². The minimum Gasteiger partial charge on any atom is -0.333 e. The van der Waals surface area contributed by atoms with Crippen LogP contribution in [-0.4, -0.2) is 68.5 Å². The molecular formula is C34H41N9O2. The molecule has 11 nitrogen and oxygen atoms in total. The number of nitrogens with one attached hydrogen (secondary N) is 4. The van der Waals surface area contributed by atoms with Crippen molar-refractivity contribution in [3.8, 4) is 0 Å². The Morgan fingerprint density at radius 2 is 1.71 bits per heavy atom. The molecule has 1 aliphatic heterocycles. The van der Waals surface area contributed by atoms with E-state index in [1.165, 1.54) is 18.4 Å². The average Bonchev–Trinajstić information content (AvgIpc) is 3.80. The van der Waals surface area contributed by atoms with Gasteiger partial charge in [-0.05, 0) is 62.6 Å². The average molecular weight is 608 g/mol. The van der Waals surface area contributed by atoms with Crippen molar-refractivity contribution in [2.75, 3.05) is 42.6 Å². The number of aromatic amines is 1. The summed E-state index contributed by atoms with van der Waals surface area (Å²) in [6.45, 7) is 2.47. The quantitative estimate of drug-likeness (QED) is 0.137. The van der Waals surface area contributed by atoms with Crippen molar-refractivity contribution in [2.24, 2.45) is 0 Å². The minimum atomic E-state index is -0.0475. The van der Waals surface area contributed by atoms with E-state index in [9.17, 15) is 9.59 Å². The third-order valence-corrected chi connectivity index (χ3v) is 8.31. The van der Waals surface area contributed by atoms with E-state index in [1.54, 1.807) is 12.3 Å². The number of unbranched alkanes of at least 4 members (excludes halogenated alkanes) is 2. The van der Waals surface area contributed by atoms with Crippen LogP contribution in [0.1, 0.15) is 68.2 Å². The number of anilines is 5. The molecule has 2 amide bonds. The summed E-state index contributed by atoms with van der Waals surface area (Å²) in [4.78, 5) is 39.0. The van der Waals surface area contributed by atoms with Crippen molar-refractivity contribution in [3.63, 3.8) is 0 Å². The lowest BCUT2D eigenvalue weighted by Gasteiger charge is -2.40. The van der Waals surface area contributed by atoms with Crippen LogP contribution in [0.2, 0.25) is 0 Å². The number of H-pyrrole nitrogens is 1. The number of benzene rings is 2. The number of carbonyl (C=O) groups is 2. The first kappa shape index (κ1) is 30.3. The zero-order valence-electron chi connectivity index (χ0n) is 25.7. The number of likely N-dealkylation sites (N-methyl/N-ethyl adjacent to an activating group) is 1. The lowest BCUT2D eigenvalue weighted by molar-refractivity contribution is -0.136. The minimum absolute atomic E-state index is 0.0475. The molecule has 1 unspecified atom stereocenters. The van der Waals surface area contributed by atoms with Gasteiger partial charge in [-0.3, -0.25) is 14.7 Å². The van der Waals surface area contributed by atoms with E-state index in [0.717, 1.165) is 56.1 Å². The van der Waals surface area contributed by atoms with Gasteiger partial charge in [0.25, 0.3) is 0 Å². The largest absolute Gasteiger partial charge is 0.333 e. The molecule has 1 saturated heterocycles. The molecular weight excluding hydrogens is 566 g/mol. The molecule has 2 aromatic heterocycles. The molecule has 45 heavy (non-hydrogen) atoms. The van der Waals surface area contributed by atoms with E-state index in [1.807, 2.05) is 53.4 Å². The maximum atomic E-state index is 13.1. The van der Waals surface area contributed by atoms with Gasteiger partial charge in [-0.15, -0.1) is 0 Å².